The maximum absolute atomic E-state index is 5.06. The minimum atomic E-state index is 0.435. The molecule has 2 aliphatic rings. The Bertz CT molecular complexity index is 129. The predicted molar refractivity (Wildman–Crippen MR) is 48.9 cm³/mol. The van der Waals surface area contributed by atoms with Gasteiger partial charge in [0.1, 0.15) is 0 Å². The van der Waals surface area contributed by atoms with E-state index in [0.717, 1.165) is 25.6 Å². The number of rotatable bonds is 0. The smallest absolute Gasteiger partial charge is 0.0985 e. The molecule has 0 saturated carbocycles. The highest BCUT2D eigenvalue weighted by molar-refractivity contribution is 4.83. The first kappa shape index (κ1) is 9.59. The van der Waals surface area contributed by atoms with E-state index in [0.29, 0.717) is 6.10 Å². The molecule has 2 unspecified atom stereocenters. The van der Waals surface area contributed by atoms with Gasteiger partial charge in [0.05, 0.1) is 12.4 Å². The van der Waals surface area contributed by atoms with Gasteiger partial charge in [0.25, 0.3) is 0 Å². The molecule has 0 N–H and O–H groups in total. The van der Waals surface area contributed by atoms with Crippen molar-refractivity contribution in [3.63, 3.8) is 0 Å². The molecule has 1 saturated heterocycles. The zero-order valence-corrected chi connectivity index (χ0v) is 7.95. The summed E-state index contributed by atoms with van der Waals surface area (Å²) in [6.45, 7) is 6.24. The third-order valence-corrected chi connectivity index (χ3v) is 2.03. The molecule has 12 heavy (non-hydrogen) atoms. The van der Waals surface area contributed by atoms with Gasteiger partial charge in [-0.25, -0.2) is 0 Å². The molecular weight excluding hydrogens is 152 g/mol. The van der Waals surface area contributed by atoms with Crippen LogP contribution in [0.5, 0.6) is 0 Å². The summed E-state index contributed by atoms with van der Waals surface area (Å²) in [5.74, 6) is 0.824. The fraction of sp³-hybridized carbons (Fsp3) is 0.800. The summed E-state index contributed by atoms with van der Waals surface area (Å²) in [5, 5.41) is 0. The Hall–Kier alpha value is -0.500. The van der Waals surface area contributed by atoms with Crippen molar-refractivity contribution >= 4 is 0 Å². The number of hydrogen-bond acceptors (Lipinski definition) is 2. The van der Waals surface area contributed by atoms with Gasteiger partial charge in [0.15, 0.2) is 0 Å². The molecule has 2 heteroatoms. The van der Waals surface area contributed by atoms with Crippen LogP contribution >= 0.6 is 0 Å². The van der Waals surface area contributed by atoms with Crippen LogP contribution in [0.1, 0.15) is 26.7 Å². The average molecular weight is 170 g/mol. The SMILES string of the molecule is CC1CC=CO1.CC1CCOC1. The Labute approximate surface area is 74.6 Å². The first-order valence-electron chi connectivity index (χ1n) is 4.67. The van der Waals surface area contributed by atoms with E-state index in [1.165, 1.54) is 6.42 Å². The van der Waals surface area contributed by atoms with Crippen LogP contribution in [0.3, 0.4) is 0 Å². The van der Waals surface area contributed by atoms with Gasteiger partial charge in [0.2, 0.25) is 0 Å². The molecule has 0 aliphatic carbocycles. The Balaban J connectivity index is 0.000000120. The molecule has 0 aromatic carbocycles. The van der Waals surface area contributed by atoms with Crippen molar-refractivity contribution in [1.29, 1.82) is 0 Å². The van der Waals surface area contributed by atoms with E-state index < -0.39 is 0 Å². The number of hydrogen-bond donors (Lipinski definition) is 0. The molecule has 0 aromatic rings. The van der Waals surface area contributed by atoms with Gasteiger partial charge in [-0.05, 0) is 25.3 Å². The van der Waals surface area contributed by atoms with Crippen LogP contribution in [0.4, 0.5) is 0 Å². The minimum absolute atomic E-state index is 0.435. The molecule has 0 amide bonds. The van der Waals surface area contributed by atoms with Crippen LogP contribution in [-0.2, 0) is 9.47 Å². The van der Waals surface area contributed by atoms with Gasteiger partial charge in [0, 0.05) is 19.6 Å². The van der Waals surface area contributed by atoms with Crippen LogP contribution in [0.25, 0.3) is 0 Å². The Morgan fingerprint density at radius 2 is 2.17 bits per heavy atom. The van der Waals surface area contributed by atoms with E-state index >= 15 is 0 Å². The van der Waals surface area contributed by atoms with Gasteiger partial charge >= 0.3 is 0 Å². The zero-order valence-electron chi connectivity index (χ0n) is 7.95. The second kappa shape index (κ2) is 5.20. The molecule has 2 atom stereocenters. The topological polar surface area (TPSA) is 18.5 Å². The summed E-state index contributed by atoms with van der Waals surface area (Å²) in [4.78, 5) is 0. The summed E-state index contributed by atoms with van der Waals surface area (Å²) < 4.78 is 10.0. The molecule has 2 nitrogen and oxygen atoms in total. The summed E-state index contributed by atoms with van der Waals surface area (Å²) in [7, 11) is 0. The van der Waals surface area contributed by atoms with Gasteiger partial charge in [-0.1, -0.05) is 6.92 Å². The van der Waals surface area contributed by atoms with E-state index in [1.807, 2.05) is 6.08 Å². The monoisotopic (exact) mass is 170 g/mol. The highest BCUT2D eigenvalue weighted by Gasteiger charge is 2.07. The molecule has 70 valence electrons. The largest absolute Gasteiger partial charge is 0.498 e. The molecule has 0 radical (unpaired) electrons. The van der Waals surface area contributed by atoms with Crippen molar-refractivity contribution < 1.29 is 9.47 Å². The van der Waals surface area contributed by atoms with Gasteiger partial charge in [-0.2, -0.15) is 0 Å². The lowest BCUT2D eigenvalue weighted by molar-refractivity contribution is 0.188. The average Bonchev–Trinajstić information content (AvgIpc) is 2.63. The molecule has 0 bridgehead atoms. The molecule has 0 aromatic heterocycles. The fourth-order valence-corrected chi connectivity index (χ4v) is 1.14. The van der Waals surface area contributed by atoms with Gasteiger partial charge in [-0.15, -0.1) is 0 Å². The lowest BCUT2D eigenvalue weighted by Gasteiger charge is -1.97. The van der Waals surface area contributed by atoms with Crippen LogP contribution in [0.2, 0.25) is 0 Å². The molecular formula is C10H18O2. The first-order valence-corrected chi connectivity index (χ1v) is 4.67. The second-order valence-electron chi connectivity index (χ2n) is 3.52. The third-order valence-electron chi connectivity index (χ3n) is 2.03. The quantitative estimate of drug-likeness (QED) is 0.555. The van der Waals surface area contributed by atoms with Crippen LogP contribution in [-0.4, -0.2) is 19.3 Å². The minimum Gasteiger partial charge on any atom is -0.498 e. The van der Waals surface area contributed by atoms with Gasteiger partial charge < -0.3 is 9.47 Å². The van der Waals surface area contributed by atoms with Crippen molar-refractivity contribution in [2.75, 3.05) is 13.2 Å². The van der Waals surface area contributed by atoms with Crippen molar-refractivity contribution in [3.8, 4) is 0 Å². The molecule has 1 fully saturated rings. The molecule has 0 spiro atoms. The van der Waals surface area contributed by atoms with E-state index in [1.54, 1.807) is 6.26 Å². The number of ether oxygens (including phenoxy) is 2. The second-order valence-corrected chi connectivity index (χ2v) is 3.52. The Kier molecular flexibility index (Phi) is 4.15. The van der Waals surface area contributed by atoms with Crippen molar-refractivity contribution in [3.05, 3.63) is 12.3 Å². The maximum atomic E-state index is 5.06. The highest BCUT2D eigenvalue weighted by Crippen LogP contribution is 2.09. The van der Waals surface area contributed by atoms with E-state index in [9.17, 15) is 0 Å². The molecule has 2 aliphatic heterocycles. The maximum Gasteiger partial charge on any atom is 0.0985 e. The highest BCUT2D eigenvalue weighted by atomic mass is 16.5. The summed E-state index contributed by atoms with van der Waals surface area (Å²) in [5.41, 5.74) is 0. The lowest BCUT2D eigenvalue weighted by atomic mass is 10.2. The molecule has 2 rings (SSSR count). The fourth-order valence-electron chi connectivity index (χ4n) is 1.14. The van der Waals surface area contributed by atoms with Crippen LogP contribution < -0.4 is 0 Å². The predicted octanol–water partition coefficient (Wildman–Crippen LogP) is 2.35. The van der Waals surface area contributed by atoms with Crippen molar-refractivity contribution in [2.45, 2.75) is 32.8 Å². The summed E-state index contributed by atoms with van der Waals surface area (Å²) in [6, 6.07) is 0. The third kappa shape index (κ3) is 3.77. The normalized spacial score (nSPS) is 32.5. The van der Waals surface area contributed by atoms with E-state index in [-0.39, 0.29) is 0 Å². The summed E-state index contributed by atoms with van der Waals surface area (Å²) >= 11 is 0. The van der Waals surface area contributed by atoms with Crippen LogP contribution in [0.15, 0.2) is 12.3 Å². The van der Waals surface area contributed by atoms with Crippen LogP contribution in [0, 0.1) is 5.92 Å². The van der Waals surface area contributed by atoms with Gasteiger partial charge in [-0.3, -0.25) is 0 Å². The van der Waals surface area contributed by atoms with Crippen molar-refractivity contribution in [2.24, 2.45) is 5.92 Å². The Morgan fingerprint density at radius 3 is 2.33 bits per heavy atom. The lowest BCUT2D eigenvalue weighted by Crippen LogP contribution is -1.93. The zero-order chi connectivity index (χ0) is 8.81. The Morgan fingerprint density at radius 1 is 1.33 bits per heavy atom. The van der Waals surface area contributed by atoms with E-state index in [2.05, 4.69) is 13.8 Å². The first-order chi connectivity index (χ1) is 5.79. The standard InChI is InChI=1S/C5H10O.C5H8O/c1-5-2-3-6-4-5;1-5-3-2-4-6-5/h5H,2-4H2,1H3;2,4-5H,3H2,1H3. The summed E-state index contributed by atoms with van der Waals surface area (Å²) in [6.07, 6.45) is 6.57. The molecule has 2 heterocycles. The van der Waals surface area contributed by atoms with Crippen molar-refractivity contribution in [1.82, 2.24) is 0 Å². The van der Waals surface area contributed by atoms with E-state index in [4.69, 9.17) is 9.47 Å².